The lowest BCUT2D eigenvalue weighted by atomic mass is 10.4. The van der Waals surface area contributed by atoms with Crippen molar-refractivity contribution in [2.24, 2.45) is 0 Å². The summed E-state index contributed by atoms with van der Waals surface area (Å²) < 4.78 is 3.07. The molecule has 0 saturated heterocycles. The summed E-state index contributed by atoms with van der Waals surface area (Å²) in [6.07, 6.45) is 3.43. The number of aromatic nitrogens is 3. The fourth-order valence-electron chi connectivity index (χ4n) is 1.32. The summed E-state index contributed by atoms with van der Waals surface area (Å²) in [4.78, 5) is 11.6. The lowest BCUT2D eigenvalue weighted by Crippen LogP contribution is -2.22. The predicted octanol–water partition coefficient (Wildman–Crippen LogP) is 1.08. The maximum Gasteiger partial charge on any atom is 0.349 e. The van der Waals surface area contributed by atoms with Crippen molar-refractivity contribution >= 4 is 5.52 Å². The first-order valence-electron chi connectivity index (χ1n) is 4.25. The Labute approximate surface area is 75.4 Å². The van der Waals surface area contributed by atoms with E-state index >= 15 is 0 Å². The molecule has 0 saturated carbocycles. The minimum atomic E-state index is -0.0781. The van der Waals surface area contributed by atoms with Crippen LogP contribution in [0.3, 0.4) is 0 Å². The Kier molecular flexibility index (Phi) is 1.69. The highest BCUT2D eigenvalue weighted by atomic mass is 16.2. The van der Waals surface area contributed by atoms with Crippen LogP contribution in [0.5, 0.6) is 0 Å². The molecule has 2 aromatic heterocycles. The zero-order chi connectivity index (χ0) is 9.42. The summed E-state index contributed by atoms with van der Waals surface area (Å²) in [6, 6.07) is 3.86. The Morgan fingerprint density at radius 3 is 2.85 bits per heavy atom. The molecule has 68 valence electrons. The second kappa shape index (κ2) is 2.73. The second-order valence-electron chi connectivity index (χ2n) is 3.27. The van der Waals surface area contributed by atoms with Crippen molar-refractivity contribution in [1.29, 1.82) is 0 Å². The zero-order valence-electron chi connectivity index (χ0n) is 7.64. The third-order valence-corrected chi connectivity index (χ3v) is 2.01. The normalized spacial score (nSPS) is 11.3. The molecule has 0 aliphatic carbocycles. The molecule has 0 aromatic carbocycles. The largest absolute Gasteiger partial charge is 0.349 e. The molecule has 2 aromatic rings. The number of hydrogen-bond acceptors (Lipinski definition) is 2. The summed E-state index contributed by atoms with van der Waals surface area (Å²) >= 11 is 0. The summed E-state index contributed by atoms with van der Waals surface area (Å²) in [5.74, 6) is 0. The van der Waals surface area contributed by atoms with Gasteiger partial charge in [0.2, 0.25) is 0 Å². The molecule has 0 spiro atoms. The number of imidazole rings is 1. The van der Waals surface area contributed by atoms with Crippen molar-refractivity contribution in [3.63, 3.8) is 0 Å². The fourth-order valence-corrected chi connectivity index (χ4v) is 1.32. The summed E-state index contributed by atoms with van der Waals surface area (Å²) in [5, 5.41) is 3.97. The van der Waals surface area contributed by atoms with Crippen molar-refractivity contribution in [1.82, 2.24) is 14.2 Å². The number of fused-ring (bicyclic) bond motifs is 1. The van der Waals surface area contributed by atoms with Gasteiger partial charge >= 0.3 is 5.69 Å². The summed E-state index contributed by atoms with van der Waals surface area (Å²) in [5.41, 5.74) is 0.756. The molecule has 2 rings (SSSR count). The highest BCUT2D eigenvalue weighted by molar-refractivity contribution is 5.42. The number of hydrogen-bond donors (Lipinski definition) is 0. The fraction of sp³-hybridized carbons (Fsp3) is 0.333. The van der Waals surface area contributed by atoms with E-state index in [1.807, 2.05) is 32.2 Å². The molecule has 0 amide bonds. The Hall–Kier alpha value is -1.58. The molecule has 0 N–H and O–H groups in total. The van der Waals surface area contributed by atoms with Gasteiger partial charge in [-0.3, -0.25) is 4.57 Å². The molecular formula is C9H11N3O. The lowest BCUT2D eigenvalue weighted by Gasteiger charge is -2.01. The van der Waals surface area contributed by atoms with E-state index in [2.05, 4.69) is 5.10 Å². The Morgan fingerprint density at radius 1 is 1.46 bits per heavy atom. The van der Waals surface area contributed by atoms with Gasteiger partial charge in [-0.15, -0.1) is 0 Å². The summed E-state index contributed by atoms with van der Waals surface area (Å²) in [7, 11) is 0. The zero-order valence-corrected chi connectivity index (χ0v) is 7.64. The van der Waals surface area contributed by atoms with Gasteiger partial charge < -0.3 is 0 Å². The van der Waals surface area contributed by atoms with Crippen molar-refractivity contribution in [3.05, 3.63) is 35.0 Å². The van der Waals surface area contributed by atoms with E-state index < -0.39 is 0 Å². The molecule has 0 aliphatic rings. The molecule has 0 radical (unpaired) electrons. The molecule has 0 atom stereocenters. The second-order valence-corrected chi connectivity index (χ2v) is 3.27. The van der Waals surface area contributed by atoms with Gasteiger partial charge in [0.05, 0.1) is 5.52 Å². The van der Waals surface area contributed by atoms with Crippen LogP contribution in [0.25, 0.3) is 5.52 Å². The molecule has 0 fully saturated rings. The first-order chi connectivity index (χ1) is 6.20. The van der Waals surface area contributed by atoms with E-state index in [0.717, 1.165) is 5.52 Å². The van der Waals surface area contributed by atoms with Crippen LogP contribution >= 0.6 is 0 Å². The molecule has 0 aliphatic heterocycles. The molecule has 0 bridgehead atoms. The molecule has 4 heteroatoms. The first kappa shape index (κ1) is 8.04. The van der Waals surface area contributed by atoms with Crippen LogP contribution < -0.4 is 5.69 Å². The highest BCUT2D eigenvalue weighted by Crippen LogP contribution is 2.03. The van der Waals surface area contributed by atoms with Crippen LogP contribution in [-0.2, 0) is 0 Å². The minimum Gasteiger partial charge on any atom is -0.295 e. The Bertz CT molecular complexity index is 481. The monoisotopic (exact) mass is 177 g/mol. The van der Waals surface area contributed by atoms with E-state index in [1.165, 1.54) is 4.52 Å². The SMILES string of the molecule is CC(C)n1cc2cccnn2c1=O. The van der Waals surface area contributed by atoms with Crippen LogP contribution in [0.2, 0.25) is 0 Å². The molecule has 2 heterocycles. The maximum atomic E-state index is 11.6. The van der Waals surface area contributed by atoms with Crippen LogP contribution in [0, 0.1) is 0 Å². The van der Waals surface area contributed by atoms with E-state index in [-0.39, 0.29) is 11.7 Å². The number of rotatable bonds is 1. The van der Waals surface area contributed by atoms with Crippen molar-refractivity contribution < 1.29 is 0 Å². The molecule has 0 unspecified atom stereocenters. The quantitative estimate of drug-likeness (QED) is 0.653. The van der Waals surface area contributed by atoms with Crippen LogP contribution in [0.1, 0.15) is 19.9 Å². The Balaban J connectivity index is 2.82. The molecule has 13 heavy (non-hydrogen) atoms. The van der Waals surface area contributed by atoms with E-state index in [4.69, 9.17) is 0 Å². The lowest BCUT2D eigenvalue weighted by molar-refractivity contribution is 0.570. The average molecular weight is 177 g/mol. The van der Waals surface area contributed by atoms with Gasteiger partial charge in [0.1, 0.15) is 0 Å². The highest BCUT2D eigenvalue weighted by Gasteiger charge is 2.06. The third-order valence-electron chi connectivity index (χ3n) is 2.01. The average Bonchev–Trinajstić information content (AvgIpc) is 2.45. The van der Waals surface area contributed by atoms with Gasteiger partial charge in [-0.1, -0.05) is 0 Å². The van der Waals surface area contributed by atoms with E-state index in [1.54, 1.807) is 10.8 Å². The van der Waals surface area contributed by atoms with Crippen molar-refractivity contribution in [2.75, 3.05) is 0 Å². The van der Waals surface area contributed by atoms with Gasteiger partial charge in [-0.2, -0.15) is 9.61 Å². The van der Waals surface area contributed by atoms with Gasteiger partial charge in [-0.05, 0) is 26.0 Å². The van der Waals surface area contributed by atoms with Gasteiger partial charge in [-0.25, -0.2) is 4.79 Å². The standard InChI is InChI=1S/C9H11N3O/c1-7(2)11-6-8-4-3-5-10-12(8)9(11)13/h3-7H,1-2H3. The van der Waals surface area contributed by atoms with Crippen LogP contribution in [0.15, 0.2) is 29.3 Å². The minimum absolute atomic E-state index is 0.0781. The predicted molar refractivity (Wildman–Crippen MR) is 49.8 cm³/mol. The van der Waals surface area contributed by atoms with Gasteiger partial charge in [0, 0.05) is 18.4 Å². The maximum absolute atomic E-state index is 11.6. The van der Waals surface area contributed by atoms with Crippen LogP contribution in [-0.4, -0.2) is 14.2 Å². The first-order valence-corrected chi connectivity index (χ1v) is 4.25. The van der Waals surface area contributed by atoms with Crippen LogP contribution in [0.4, 0.5) is 0 Å². The van der Waals surface area contributed by atoms with Gasteiger partial charge in [0.15, 0.2) is 0 Å². The van der Waals surface area contributed by atoms with Crippen molar-refractivity contribution in [3.8, 4) is 0 Å². The van der Waals surface area contributed by atoms with Gasteiger partial charge in [0.25, 0.3) is 0 Å². The molecule has 4 nitrogen and oxygen atoms in total. The van der Waals surface area contributed by atoms with Crippen molar-refractivity contribution in [2.45, 2.75) is 19.9 Å². The molecular weight excluding hydrogens is 166 g/mol. The summed E-state index contributed by atoms with van der Waals surface area (Å²) in [6.45, 7) is 3.95. The van der Waals surface area contributed by atoms with E-state index in [9.17, 15) is 4.79 Å². The smallest absolute Gasteiger partial charge is 0.295 e. The Morgan fingerprint density at radius 2 is 2.23 bits per heavy atom. The number of nitrogens with zero attached hydrogens (tertiary/aromatic N) is 3. The topological polar surface area (TPSA) is 39.3 Å². The third kappa shape index (κ3) is 1.14. The van der Waals surface area contributed by atoms with E-state index in [0.29, 0.717) is 0 Å².